The van der Waals surface area contributed by atoms with Crippen molar-refractivity contribution in [1.29, 1.82) is 0 Å². The molecule has 10 heteroatoms. The van der Waals surface area contributed by atoms with Gasteiger partial charge in [-0.25, -0.2) is 5.43 Å². The zero-order chi connectivity index (χ0) is 20.8. The number of hydrogen-bond acceptors (Lipinski definition) is 8. The molecule has 0 aliphatic carbocycles. The lowest BCUT2D eigenvalue weighted by Crippen LogP contribution is -2.16. The van der Waals surface area contributed by atoms with Crippen LogP contribution in [0.25, 0.3) is 0 Å². The summed E-state index contributed by atoms with van der Waals surface area (Å²) in [5, 5.41) is 17.5. The Labute approximate surface area is 190 Å². The summed E-state index contributed by atoms with van der Waals surface area (Å²) in [5.41, 5.74) is 4.49. The van der Waals surface area contributed by atoms with Gasteiger partial charge in [0.25, 0.3) is 0 Å². The number of benzene rings is 2. The molecule has 0 bridgehead atoms. The summed E-state index contributed by atoms with van der Waals surface area (Å²) in [7, 11) is 3.70. The van der Waals surface area contributed by atoms with Crippen LogP contribution in [-0.4, -0.2) is 40.4 Å². The summed E-state index contributed by atoms with van der Waals surface area (Å²) in [6, 6.07) is 13.6. The first-order valence-electron chi connectivity index (χ1n) is 8.60. The summed E-state index contributed by atoms with van der Waals surface area (Å²) in [6.07, 6.45) is 1.51. The summed E-state index contributed by atoms with van der Waals surface area (Å²) < 4.78 is 1.57. The van der Waals surface area contributed by atoms with Crippen molar-refractivity contribution in [3.63, 3.8) is 0 Å². The Hall–Kier alpha value is -2.47. The van der Waals surface area contributed by atoms with Crippen molar-refractivity contribution in [2.24, 2.45) is 5.10 Å². The third-order valence-corrected chi connectivity index (χ3v) is 5.02. The molecule has 0 fully saturated rings. The molecule has 3 aromatic rings. The molecule has 0 amide bonds. The maximum absolute atomic E-state index is 10.2. The van der Waals surface area contributed by atoms with Gasteiger partial charge in [-0.1, -0.05) is 46.3 Å². The Morgan fingerprint density at radius 3 is 2.59 bits per heavy atom. The van der Waals surface area contributed by atoms with Crippen LogP contribution in [0.5, 0.6) is 5.75 Å². The number of nitrogens with zero attached hydrogens (tertiary/aromatic N) is 5. The number of aromatic nitrogens is 3. The first-order valence-corrected chi connectivity index (χ1v) is 10.5. The molecule has 3 N–H and O–H groups in total. The molecule has 8 nitrogen and oxygen atoms in total. The van der Waals surface area contributed by atoms with Crippen molar-refractivity contribution in [3.05, 3.63) is 61.6 Å². The van der Waals surface area contributed by atoms with Crippen molar-refractivity contribution in [2.45, 2.75) is 6.54 Å². The number of hydrazone groups is 1. The molecule has 0 aliphatic rings. The Bertz CT molecular complexity index is 1010. The standard InChI is InChI=1S/C19H19BrIN7O/c1-28(2)19-25-17(22-10-12-6-4-3-5-7-12)24-18(26-19)27-23-11-13-8-14(20)9-15(21)16(13)29/h3-9,11,29H,10H2,1-2H3,(H2,22,24,25,26,27). The Morgan fingerprint density at radius 2 is 1.86 bits per heavy atom. The minimum absolute atomic E-state index is 0.161. The van der Waals surface area contributed by atoms with Crippen molar-refractivity contribution < 1.29 is 5.11 Å². The maximum Gasteiger partial charge on any atom is 0.250 e. The van der Waals surface area contributed by atoms with Crippen LogP contribution in [0, 0.1) is 3.57 Å². The van der Waals surface area contributed by atoms with Gasteiger partial charge in [0, 0.05) is 30.7 Å². The lowest BCUT2D eigenvalue weighted by Gasteiger charge is -2.13. The van der Waals surface area contributed by atoms with E-state index in [1.165, 1.54) is 6.21 Å². The molecular formula is C19H19BrIN7O. The van der Waals surface area contributed by atoms with Crippen LogP contribution < -0.4 is 15.6 Å². The molecule has 0 aliphatic heterocycles. The van der Waals surface area contributed by atoms with Crippen LogP contribution in [0.1, 0.15) is 11.1 Å². The highest BCUT2D eigenvalue weighted by molar-refractivity contribution is 14.1. The van der Waals surface area contributed by atoms with Gasteiger partial charge in [-0.2, -0.15) is 20.1 Å². The molecule has 2 aromatic carbocycles. The SMILES string of the molecule is CN(C)c1nc(NCc2ccccc2)nc(NN=Cc2cc(Br)cc(I)c2O)n1. The van der Waals surface area contributed by atoms with E-state index >= 15 is 0 Å². The number of nitrogens with one attached hydrogen (secondary N) is 2. The molecule has 1 heterocycles. The van der Waals surface area contributed by atoms with Gasteiger partial charge in [-0.15, -0.1) is 0 Å². The van der Waals surface area contributed by atoms with Crippen molar-refractivity contribution in [3.8, 4) is 5.75 Å². The molecule has 0 spiro atoms. The lowest BCUT2D eigenvalue weighted by molar-refractivity contribution is 0.470. The number of hydrogen-bond donors (Lipinski definition) is 3. The highest BCUT2D eigenvalue weighted by Crippen LogP contribution is 2.27. The highest BCUT2D eigenvalue weighted by Gasteiger charge is 2.09. The van der Waals surface area contributed by atoms with Crippen molar-refractivity contribution in [2.75, 3.05) is 29.7 Å². The molecule has 3 rings (SSSR count). The molecule has 0 saturated heterocycles. The van der Waals surface area contributed by atoms with Gasteiger partial charge >= 0.3 is 0 Å². The minimum Gasteiger partial charge on any atom is -0.506 e. The molecule has 0 unspecified atom stereocenters. The second kappa shape index (κ2) is 9.83. The second-order valence-electron chi connectivity index (χ2n) is 6.21. The van der Waals surface area contributed by atoms with Gasteiger partial charge in [-0.05, 0) is 40.3 Å². The predicted octanol–water partition coefficient (Wildman–Crippen LogP) is 4.07. The average molecular weight is 568 g/mol. The van der Waals surface area contributed by atoms with E-state index in [2.05, 4.69) is 69.3 Å². The number of anilines is 3. The molecule has 29 heavy (non-hydrogen) atoms. The minimum atomic E-state index is 0.161. The summed E-state index contributed by atoms with van der Waals surface area (Å²) in [6.45, 7) is 0.588. The first kappa shape index (κ1) is 21.2. The van der Waals surface area contributed by atoms with Gasteiger partial charge in [0.2, 0.25) is 17.8 Å². The first-order chi connectivity index (χ1) is 13.9. The fourth-order valence-corrected chi connectivity index (χ4v) is 3.87. The summed E-state index contributed by atoms with van der Waals surface area (Å²) in [4.78, 5) is 14.9. The van der Waals surface area contributed by atoms with Gasteiger partial charge in [0.1, 0.15) is 5.75 Å². The van der Waals surface area contributed by atoms with Crippen LogP contribution in [0.3, 0.4) is 0 Å². The van der Waals surface area contributed by atoms with Gasteiger partial charge in [0.05, 0.1) is 9.78 Å². The summed E-state index contributed by atoms with van der Waals surface area (Å²) in [5.74, 6) is 1.38. The third-order valence-electron chi connectivity index (χ3n) is 3.74. The van der Waals surface area contributed by atoms with E-state index in [0.717, 1.165) is 13.6 Å². The highest BCUT2D eigenvalue weighted by atomic mass is 127. The normalized spacial score (nSPS) is 10.9. The fraction of sp³-hybridized carbons (Fsp3) is 0.158. The summed E-state index contributed by atoms with van der Waals surface area (Å²) >= 11 is 5.47. The number of phenolic OH excluding ortho intramolecular Hbond substituents is 1. The third kappa shape index (κ3) is 6.00. The van der Waals surface area contributed by atoms with E-state index in [4.69, 9.17) is 0 Å². The van der Waals surface area contributed by atoms with E-state index in [0.29, 0.717) is 30.0 Å². The Morgan fingerprint density at radius 1 is 1.14 bits per heavy atom. The van der Waals surface area contributed by atoms with Crippen molar-refractivity contribution >= 4 is 62.6 Å². The molecule has 1 aromatic heterocycles. The van der Waals surface area contributed by atoms with Gasteiger partial charge < -0.3 is 15.3 Å². The van der Waals surface area contributed by atoms with E-state index in [1.807, 2.05) is 50.5 Å². The molecule has 0 radical (unpaired) electrons. The smallest absolute Gasteiger partial charge is 0.250 e. The molecule has 0 atom stereocenters. The van der Waals surface area contributed by atoms with E-state index in [-0.39, 0.29) is 5.75 Å². The fourth-order valence-electron chi connectivity index (χ4n) is 2.31. The van der Waals surface area contributed by atoms with Crippen LogP contribution in [0.2, 0.25) is 0 Å². The Balaban J connectivity index is 1.77. The van der Waals surface area contributed by atoms with Crippen LogP contribution in [-0.2, 0) is 6.54 Å². The molecular weight excluding hydrogens is 549 g/mol. The zero-order valence-electron chi connectivity index (χ0n) is 15.8. The largest absolute Gasteiger partial charge is 0.506 e. The van der Waals surface area contributed by atoms with Crippen molar-refractivity contribution in [1.82, 2.24) is 15.0 Å². The topological polar surface area (TPSA) is 98.6 Å². The average Bonchev–Trinajstić information content (AvgIpc) is 2.70. The number of aromatic hydroxyl groups is 1. The second-order valence-corrected chi connectivity index (χ2v) is 8.29. The maximum atomic E-state index is 10.2. The number of phenols is 1. The van der Waals surface area contributed by atoms with Gasteiger partial charge in [0.15, 0.2) is 0 Å². The Kier molecular flexibility index (Phi) is 7.20. The van der Waals surface area contributed by atoms with Crippen LogP contribution in [0.4, 0.5) is 17.8 Å². The number of rotatable bonds is 7. The quantitative estimate of drug-likeness (QED) is 0.225. The van der Waals surface area contributed by atoms with Gasteiger partial charge in [-0.3, -0.25) is 0 Å². The predicted molar refractivity (Wildman–Crippen MR) is 128 cm³/mol. The van der Waals surface area contributed by atoms with E-state index < -0.39 is 0 Å². The van der Waals surface area contributed by atoms with Crippen LogP contribution >= 0.6 is 38.5 Å². The zero-order valence-corrected chi connectivity index (χ0v) is 19.5. The molecule has 150 valence electrons. The number of halogens is 2. The monoisotopic (exact) mass is 567 g/mol. The van der Waals surface area contributed by atoms with E-state index in [9.17, 15) is 5.11 Å². The van der Waals surface area contributed by atoms with Crippen LogP contribution in [0.15, 0.2) is 52.0 Å². The molecule has 0 saturated carbocycles. The van der Waals surface area contributed by atoms with E-state index in [1.54, 1.807) is 11.0 Å². The lowest BCUT2D eigenvalue weighted by atomic mass is 10.2.